The van der Waals surface area contributed by atoms with Crippen LogP contribution in [0.15, 0.2) is 42.5 Å². The van der Waals surface area contributed by atoms with E-state index in [1.54, 1.807) is 20.8 Å². The molecular formula is C23H27F3N2O2. The molecule has 30 heavy (non-hydrogen) atoms. The number of carbonyl (C=O) groups is 1. The fourth-order valence-electron chi connectivity index (χ4n) is 3.80. The van der Waals surface area contributed by atoms with E-state index >= 15 is 0 Å². The molecule has 1 aliphatic heterocycles. The van der Waals surface area contributed by atoms with Crippen LogP contribution in [0.25, 0.3) is 0 Å². The van der Waals surface area contributed by atoms with Crippen molar-refractivity contribution in [2.75, 3.05) is 13.1 Å². The summed E-state index contributed by atoms with van der Waals surface area (Å²) in [6.07, 6.45) is -0.142. The molecule has 2 aromatic carbocycles. The third kappa shape index (κ3) is 5.75. The molecule has 7 heteroatoms. The van der Waals surface area contributed by atoms with Gasteiger partial charge in [0, 0.05) is 25.1 Å². The Morgan fingerprint density at radius 3 is 2.43 bits per heavy atom. The molecule has 1 fully saturated rings. The standard InChI is InChI=1S/C23H27F3N2O2/c1-23(2,3)30-22(29)27-21-14-28(13-15-7-5-4-6-8-15)10-9-16(21)17-11-19(25)20(26)12-18(17)24/h4-8,11-12,16,21H,9-10,13-14H2,1-3H3,(H,27,29)/t16-,21+/m1/s1. The number of amides is 1. The second-order valence-corrected chi connectivity index (χ2v) is 8.66. The maximum Gasteiger partial charge on any atom is 0.407 e. The van der Waals surface area contributed by atoms with Crippen LogP contribution >= 0.6 is 0 Å². The van der Waals surface area contributed by atoms with Gasteiger partial charge >= 0.3 is 6.09 Å². The van der Waals surface area contributed by atoms with Gasteiger partial charge in [-0.2, -0.15) is 0 Å². The van der Waals surface area contributed by atoms with Gasteiger partial charge in [-0.25, -0.2) is 18.0 Å². The molecule has 2 aromatic rings. The number of piperidine rings is 1. The van der Waals surface area contributed by atoms with Crippen LogP contribution < -0.4 is 5.32 Å². The molecule has 1 aliphatic rings. The van der Waals surface area contributed by atoms with Gasteiger partial charge in [-0.3, -0.25) is 4.90 Å². The molecule has 162 valence electrons. The summed E-state index contributed by atoms with van der Waals surface area (Å²) in [6, 6.07) is 10.8. The van der Waals surface area contributed by atoms with Gasteiger partial charge in [-0.15, -0.1) is 0 Å². The number of likely N-dealkylation sites (tertiary alicyclic amines) is 1. The molecule has 0 spiro atoms. The minimum Gasteiger partial charge on any atom is -0.444 e. The third-order valence-corrected chi connectivity index (χ3v) is 5.09. The highest BCUT2D eigenvalue weighted by molar-refractivity contribution is 5.68. The molecule has 2 atom stereocenters. The minimum atomic E-state index is -1.23. The van der Waals surface area contributed by atoms with Crippen LogP contribution in [0.1, 0.15) is 44.2 Å². The van der Waals surface area contributed by atoms with Crippen LogP contribution in [0.3, 0.4) is 0 Å². The highest BCUT2D eigenvalue weighted by atomic mass is 19.2. The van der Waals surface area contributed by atoms with Crippen molar-refractivity contribution in [1.82, 2.24) is 10.2 Å². The summed E-state index contributed by atoms with van der Waals surface area (Å²) in [6.45, 7) is 6.98. The number of benzene rings is 2. The summed E-state index contributed by atoms with van der Waals surface area (Å²) in [4.78, 5) is 14.5. The first kappa shape index (κ1) is 22.2. The molecule has 0 bridgehead atoms. The van der Waals surface area contributed by atoms with Crippen molar-refractivity contribution < 1.29 is 22.7 Å². The van der Waals surface area contributed by atoms with Crippen molar-refractivity contribution in [3.63, 3.8) is 0 Å². The normalized spacial score (nSPS) is 20.1. The second-order valence-electron chi connectivity index (χ2n) is 8.66. The van der Waals surface area contributed by atoms with Crippen molar-refractivity contribution in [2.45, 2.75) is 51.3 Å². The number of ether oxygens (including phenoxy) is 1. The number of rotatable bonds is 4. The molecule has 0 aromatic heterocycles. The zero-order valence-corrected chi connectivity index (χ0v) is 17.4. The van der Waals surface area contributed by atoms with E-state index in [0.29, 0.717) is 32.1 Å². The molecule has 4 nitrogen and oxygen atoms in total. The van der Waals surface area contributed by atoms with Crippen LogP contribution in [-0.2, 0) is 11.3 Å². The molecule has 1 N–H and O–H groups in total. The first-order valence-corrected chi connectivity index (χ1v) is 10.0. The quantitative estimate of drug-likeness (QED) is 0.709. The Hall–Kier alpha value is -2.54. The van der Waals surface area contributed by atoms with E-state index in [2.05, 4.69) is 10.2 Å². The summed E-state index contributed by atoms with van der Waals surface area (Å²) in [5, 5.41) is 2.82. The molecule has 1 heterocycles. The molecule has 1 amide bonds. The Morgan fingerprint density at radius 1 is 1.10 bits per heavy atom. The zero-order chi connectivity index (χ0) is 21.9. The average molecular weight is 420 g/mol. The number of nitrogens with zero attached hydrogens (tertiary/aromatic N) is 1. The lowest BCUT2D eigenvalue weighted by Crippen LogP contribution is -2.52. The number of nitrogens with one attached hydrogen (secondary N) is 1. The maximum atomic E-state index is 14.5. The highest BCUT2D eigenvalue weighted by Gasteiger charge is 2.34. The molecule has 3 rings (SSSR count). The minimum absolute atomic E-state index is 0.0642. The van der Waals surface area contributed by atoms with Crippen LogP contribution in [-0.4, -0.2) is 35.7 Å². The lowest BCUT2D eigenvalue weighted by Gasteiger charge is -2.39. The summed E-state index contributed by atoms with van der Waals surface area (Å²) >= 11 is 0. The van der Waals surface area contributed by atoms with E-state index in [0.717, 1.165) is 11.6 Å². The van der Waals surface area contributed by atoms with E-state index in [-0.39, 0.29) is 5.56 Å². The van der Waals surface area contributed by atoms with E-state index in [1.165, 1.54) is 0 Å². The Labute approximate surface area is 175 Å². The van der Waals surface area contributed by atoms with Crippen molar-refractivity contribution >= 4 is 6.09 Å². The summed E-state index contributed by atoms with van der Waals surface area (Å²) < 4.78 is 47.1. The zero-order valence-electron chi connectivity index (χ0n) is 17.4. The van der Waals surface area contributed by atoms with Crippen LogP contribution in [0, 0.1) is 17.5 Å². The first-order valence-electron chi connectivity index (χ1n) is 10.0. The van der Waals surface area contributed by atoms with E-state index in [4.69, 9.17) is 4.74 Å². The topological polar surface area (TPSA) is 41.6 Å². The highest BCUT2D eigenvalue weighted by Crippen LogP contribution is 2.32. The number of alkyl carbamates (subject to hydrolysis) is 1. The maximum absolute atomic E-state index is 14.5. The molecule has 0 aliphatic carbocycles. The number of hydrogen-bond donors (Lipinski definition) is 1. The van der Waals surface area contributed by atoms with Crippen LogP contribution in [0.2, 0.25) is 0 Å². The van der Waals surface area contributed by atoms with Crippen LogP contribution in [0.5, 0.6) is 0 Å². The predicted octanol–water partition coefficient (Wildman–Crippen LogP) is 4.99. The molecule has 0 saturated carbocycles. The van der Waals surface area contributed by atoms with Gasteiger partial charge in [-0.1, -0.05) is 30.3 Å². The summed E-state index contributed by atoms with van der Waals surface area (Å²) in [5.41, 5.74) is 0.492. The van der Waals surface area contributed by atoms with E-state index in [9.17, 15) is 18.0 Å². The Balaban J connectivity index is 1.82. The molecule has 1 saturated heterocycles. The van der Waals surface area contributed by atoms with Crippen molar-refractivity contribution in [3.8, 4) is 0 Å². The van der Waals surface area contributed by atoms with Gasteiger partial charge in [0.1, 0.15) is 11.4 Å². The van der Waals surface area contributed by atoms with Crippen molar-refractivity contribution in [2.24, 2.45) is 0 Å². The van der Waals surface area contributed by atoms with Crippen LogP contribution in [0.4, 0.5) is 18.0 Å². The molecule has 0 radical (unpaired) electrons. The average Bonchev–Trinajstić information content (AvgIpc) is 2.64. The number of halogens is 3. The summed E-state index contributed by atoms with van der Waals surface area (Å²) in [5.74, 6) is -3.64. The number of hydrogen-bond acceptors (Lipinski definition) is 3. The fraction of sp³-hybridized carbons (Fsp3) is 0.435. The lowest BCUT2D eigenvalue weighted by atomic mass is 9.84. The predicted molar refractivity (Wildman–Crippen MR) is 109 cm³/mol. The van der Waals surface area contributed by atoms with E-state index in [1.807, 2.05) is 30.3 Å². The molecular weight excluding hydrogens is 393 g/mol. The Kier molecular flexibility index (Phi) is 6.71. The number of carbonyl (C=O) groups excluding carboxylic acids is 1. The van der Waals surface area contributed by atoms with Gasteiger partial charge in [0.05, 0.1) is 6.04 Å². The SMILES string of the molecule is CC(C)(C)OC(=O)N[C@H]1CN(Cc2ccccc2)CC[C@@H]1c1cc(F)c(F)cc1F. The Bertz CT molecular complexity index is 884. The van der Waals surface area contributed by atoms with Gasteiger partial charge in [0.25, 0.3) is 0 Å². The largest absolute Gasteiger partial charge is 0.444 e. The van der Waals surface area contributed by atoms with E-state index < -0.39 is 41.1 Å². The third-order valence-electron chi connectivity index (χ3n) is 5.09. The van der Waals surface area contributed by atoms with Crippen molar-refractivity contribution in [1.29, 1.82) is 0 Å². The Morgan fingerprint density at radius 2 is 1.77 bits per heavy atom. The van der Waals surface area contributed by atoms with Crippen molar-refractivity contribution in [3.05, 3.63) is 71.0 Å². The lowest BCUT2D eigenvalue weighted by molar-refractivity contribution is 0.0454. The molecule has 0 unspecified atom stereocenters. The van der Waals surface area contributed by atoms with Gasteiger partial charge in [-0.05, 0) is 50.9 Å². The van der Waals surface area contributed by atoms with Gasteiger partial charge in [0.15, 0.2) is 11.6 Å². The monoisotopic (exact) mass is 420 g/mol. The van der Waals surface area contributed by atoms with Gasteiger partial charge in [0.2, 0.25) is 0 Å². The smallest absolute Gasteiger partial charge is 0.407 e. The van der Waals surface area contributed by atoms with Gasteiger partial charge < -0.3 is 10.1 Å². The fourth-order valence-corrected chi connectivity index (χ4v) is 3.80. The first-order chi connectivity index (χ1) is 14.1. The summed E-state index contributed by atoms with van der Waals surface area (Å²) in [7, 11) is 0. The second kappa shape index (κ2) is 9.08.